The zero-order chi connectivity index (χ0) is 17.2. The van der Waals surface area contributed by atoms with Crippen LogP contribution in [-0.2, 0) is 16.0 Å². The van der Waals surface area contributed by atoms with E-state index >= 15 is 0 Å². The van der Waals surface area contributed by atoms with Gasteiger partial charge in [0.15, 0.2) is 0 Å². The molecule has 2 rings (SSSR count). The van der Waals surface area contributed by atoms with Crippen LogP contribution in [0, 0.1) is 0 Å². The molecule has 128 valence electrons. The molecule has 3 heteroatoms. The fraction of sp³-hybridized carbons (Fsp3) is 0.381. The van der Waals surface area contributed by atoms with E-state index in [1.807, 2.05) is 48.3 Å². The second kappa shape index (κ2) is 9.89. The average Bonchev–Trinajstić information content (AvgIpc) is 2.64. The zero-order valence-electron chi connectivity index (χ0n) is 14.7. The summed E-state index contributed by atoms with van der Waals surface area (Å²) in [5.41, 5.74) is 2.44. The lowest BCUT2D eigenvalue weighted by Crippen LogP contribution is -2.29. The van der Waals surface area contributed by atoms with Crippen LogP contribution >= 0.6 is 0 Å². The number of ether oxygens (including phenoxy) is 1. The van der Waals surface area contributed by atoms with Gasteiger partial charge in [-0.3, -0.25) is 4.79 Å². The summed E-state index contributed by atoms with van der Waals surface area (Å²) in [7, 11) is 1.87. The van der Waals surface area contributed by atoms with Crippen molar-refractivity contribution >= 4 is 5.91 Å². The third kappa shape index (κ3) is 5.82. The van der Waals surface area contributed by atoms with Gasteiger partial charge in [0.1, 0.15) is 0 Å². The van der Waals surface area contributed by atoms with Crippen molar-refractivity contribution in [3.8, 4) is 0 Å². The maximum Gasteiger partial charge on any atom is 0.222 e. The second-order valence-corrected chi connectivity index (χ2v) is 6.04. The van der Waals surface area contributed by atoms with Gasteiger partial charge in [-0.25, -0.2) is 0 Å². The first-order chi connectivity index (χ1) is 11.7. The minimum atomic E-state index is 0.0951. The molecule has 0 radical (unpaired) electrons. The number of carbonyl (C=O) groups excluding carboxylic acids is 1. The van der Waals surface area contributed by atoms with Crippen molar-refractivity contribution in [2.45, 2.75) is 32.2 Å². The summed E-state index contributed by atoms with van der Waals surface area (Å²) in [6.45, 7) is 3.39. The Kier molecular flexibility index (Phi) is 7.50. The first-order valence-electron chi connectivity index (χ1n) is 8.60. The van der Waals surface area contributed by atoms with Crippen LogP contribution in [0.3, 0.4) is 0 Å². The predicted octanol–water partition coefficient (Wildman–Crippen LogP) is 4.25. The van der Waals surface area contributed by atoms with Crippen molar-refractivity contribution in [1.82, 2.24) is 4.90 Å². The largest absolute Gasteiger partial charge is 0.381 e. The fourth-order valence-corrected chi connectivity index (χ4v) is 2.61. The molecule has 2 aromatic rings. The van der Waals surface area contributed by atoms with Crippen LogP contribution in [-0.4, -0.2) is 31.1 Å². The van der Waals surface area contributed by atoms with Crippen LogP contribution in [0.25, 0.3) is 0 Å². The van der Waals surface area contributed by atoms with Gasteiger partial charge in [-0.15, -0.1) is 0 Å². The Labute approximate surface area is 145 Å². The topological polar surface area (TPSA) is 29.5 Å². The average molecular weight is 325 g/mol. The molecule has 0 N–H and O–H groups in total. The third-order valence-electron chi connectivity index (χ3n) is 4.31. The Balaban J connectivity index is 1.62. The highest BCUT2D eigenvalue weighted by Gasteiger charge is 2.16. The monoisotopic (exact) mass is 325 g/mol. The molecule has 24 heavy (non-hydrogen) atoms. The number of amides is 1. The Morgan fingerprint density at radius 2 is 1.62 bits per heavy atom. The molecule has 0 bridgehead atoms. The van der Waals surface area contributed by atoms with Crippen molar-refractivity contribution in [1.29, 1.82) is 0 Å². The summed E-state index contributed by atoms with van der Waals surface area (Å²) >= 11 is 0. The van der Waals surface area contributed by atoms with Gasteiger partial charge in [0.2, 0.25) is 5.91 Å². The van der Waals surface area contributed by atoms with Crippen molar-refractivity contribution in [3.05, 3.63) is 71.8 Å². The minimum absolute atomic E-state index is 0.0951. The summed E-state index contributed by atoms with van der Waals surface area (Å²) in [4.78, 5) is 14.1. The van der Waals surface area contributed by atoms with E-state index in [2.05, 4.69) is 31.2 Å². The van der Waals surface area contributed by atoms with Crippen molar-refractivity contribution in [3.63, 3.8) is 0 Å². The lowest BCUT2D eigenvalue weighted by atomic mass is 10.1. The number of hydrogen-bond donors (Lipinski definition) is 0. The predicted molar refractivity (Wildman–Crippen MR) is 97.8 cm³/mol. The van der Waals surface area contributed by atoms with Crippen molar-refractivity contribution in [2.75, 3.05) is 20.3 Å². The number of nitrogens with zero attached hydrogens (tertiary/aromatic N) is 1. The zero-order valence-corrected chi connectivity index (χ0v) is 14.7. The van der Waals surface area contributed by atoms with E-state index in [0.717, 1.165) is 18.4 Å². The molecule has 0 heterocycles. The van der Waals surface area contributed by atoms with Gasteiger partial charge in [-0.05, 0) is 30.9 Å². The molecule has 0 aliphatic heterocycles. The van der Waals surface area contributed by atoms with E-state index in [4.69, 9.17) is 4.74 Å². The molecular weight excluding hydrogens is 298 g/mol. The molecule has 1 amide bonds. The Morgan fingerprint density at radius 3 is 2.29 bits per heavy atom. The molecule has 1 atom stereocenters. The quantitative estimate of drug-likeness (QED) is 0.645. The van der Waals surface area contributed by atoms with Crippen molar-refractivity contribution in [2.24, 2.45) is 0 Å². The van der Waals surface area contributed by atoms with Gasteiger partial charge in [0, 0.05) is 20.1 Å². The number of benzene rings is 2. The van der Waals surface area contributed by atoms with E-state index < -0.39 is 0 Å². The SMILES string of the molecule is CC(c1ccccc1)N(C)C(=O)CCCOCCc1ccccc1. The molecule has 0 aliphatic rings. The molecule has 0 saturated carbocycles. The summed E-state index contributed by atoms with van der Waals surface area (Å²) in [6.07, 6.45) is 2.21. The van der Waals surface area contributed by atoms with Crippen LogP contribution in [0.2, 0.25) is 0 Å². The normalized spacial score (nSPS) is 11.9. The van der Waals surface area contributed by atoms with Crippen LogP contribution in [0.15, 0.2) is 60.7 Å². The molecule has 0 fully saturated rings. The molecule has 0 saturated heterocycles. The first kappa shape index (κ1) is 18.2. The number of hydrogen-bond acceptors (Lipinski definition) is 2. The summed E-state index contributed by atoms with van der Waals surface area (Å²) < 4.78 is 5.64. The summed E-state index contributed by atoms with van der Waals surface area (Å²) in [5.74, 6) is 0.165. The maximum absolute atomic E-state index is 12.3. The molecular formula is C21H27NO2. The van der Waals surface area contributed by atoms with E-state index in [-0.39, 0.29) is 11.9 Å². The number of carbonyl (C=O) groups is 1. The van der Waals surface area contributed by atoms with Gasteiger partial charge >= 0.3 is 0 Å². The van der Waals surface area contributed by atoms with Gasteiger partial charge in [0.25, 0.3) is 0 Å². The molecule has 1 unspecified atom stereocenters. The van der Waals surface area contributed by atoms with Gasteiger partial charge in [0.05, 0.1) is 12.6 Å². The van der Waals surface area contributed by atoms with Gasteiger partial charge in [-0.2, -0.15) is 0 Å². The third-order valence-corrected chi connectivity index (χ3v) is 4.31. The van der Waals surface area contributed by atoms with Gasteiger partial charge in [-0.1, -0.05) is 60.7 Å². The second-order valence-electron chi connectivity index (χ2n) is 6.04. The summed E-state index contributed by atoms with van der Waals surface area (Å²) in [6, 6.07) is 20.5. The Bertz CT molecular complexity index is 598. The molecule has 3 nitrogen and oxygen atoms in total. The highest BCUT2D eigenvalue weighted by Crippen LogP contribution is 2.19. The van der Waals surface area contributed by atoms with Crippen molar-refractivity contribution < 1.29 is 9.53 Å². The standard InChI is InChI=1S/C21H27NO2/c1-18(20-12-7-4-8-13-20)22(2)21(23)14-9-16-24-17-15-19-10-5-3-6-11-19/h3-8,10-13,18H,9,14-17H2,1-2H3. The van der Waals surface area contributed by atoms with Crippen LogP contribution < -0.4 is 0 Å². The van der Waals surface area contributed by atoms with E-state index in [1.54, 1.807) is 0 Å². The fourth-order valence-electron chi connectivity index (χ4n) is 2.61. The van der Waals surface area contributed by atoms with Crippen LogP contribution in [0.1, 0.15) is 36.9 Å². The highest BCUT2D eigenvalue weighted by atomic mass is 16.5. The highest BCUT2D eigenvalue weighted by molar-refractivity contribution is 5.76. The van der Waals surface area contributed by atoms with Crippen LogP contribution in [0.5, 0.6) is 0 Å². The lowest BCUT2D eigenvalue weighted by molar-refractivity contribution is -0.132. The van der Waals surface area contributed by atoms with E-state index in [1.165, 1.54) is 5.56 Å². The van der Waals surface area contributed by atoms with Gasteiger partial charge < -0.3 is 9.64 Å². The van der Waals surface area contributed by atoms with Crippen LogP contribution in [0.4, 0.5) is 0 Å². The Hall–Kier alpha value is -2.13. The maximum atomic E-state index is 12.3. The molecule has 0 aliphatic carbocycles. The minimum Gasteiger partial charge on any atom is -0.381 e. The molecule has 2 aromatic carbocycles. The Morgan fingerprint density at radius 1 is 1.00 bits per heavy atom. The van der Waals surface area contributed by atoms with E-state index in [9.17, 15) is 4.79 Å². The molecule has 0 aromatic heterocycles. The molecule has 0 spiro atoms. The smallest absolute Gasteiger partial charge is 0.222 e. The lowest BCUT2D eigenvalue weighted by Gasteiger charge is -2.25. The summed E-state index contributed by atoms with van der Waals surface area (Å²) in [5, 5.41) is 0. The van der Waals surface area contributed by atoms with E-state index in [0.29, 0.717) is 19.6 Å². The number of rotatable bonds is 9. The first-order valence-corrected chi connectivity index (χ1v) is 8.60.